The summed E-state index contributed by atoms with van der Waals surface area (Å²) in [7, 11) is 3.30. The SMILES string of the molecule is C.C.C.C.COCCOCC(COCCOC)OCC1CO1. The Morgan fingerprint density at radius 3 is 1.68 bits per heavy atom. The second-order valence-corrected chi connectivity index (χ2v) is 4.05. The fraction of sp³-hybridized carbons (Fsp3) is 1.00. The molecule has 0 radical (unpaired) electrons. The monoisotopic (exact) mass is 328 g/mol. The van der Waals surface area contributed by atoms with Gasteiger partial charge in [0, 0.05) is 14.2 Å². The third-order valence-electron chi connectivity index (χ3n) is 2.39. The normalized spacial score (nSPS) is 15.1. The Morgan fingerprint density at radius 1 is 0.864 bits per heavy atom. The predicted octanol–water partition coefficient (Wildman–Crippen LogP) is 2.64. The minimum atomic E-state index is -0.0667. The highest BCUT2D eigenvalue weighted by molar-refractivity contribution is 4.69. The molecule has 22 heavy (non-hydrogen) atoms. The van der Waals surface area contributed by atoms with Crippen LogP contribution in [0.4, 0.5) is 0 Å². The average molecular weight is 328 g/mol. The standard InChI is InChI=1S/C12H24O6.4CH4/c1-13-3-5-15-7-11(8-16-6-4-14-2)17-9-12-10-18-12;;;;/h11-12H,3-10H2,1-2H3;4*1H4. The van der Waals surface area contributed by atoms with Crippen LogP contribution in [0, 0.1) is 0 Å². The van der Waals surface area contributed by atoms with Crippen molar-refractivity contribution < 1.29 is 28.4 Å². The van der Waals surface area contributed by atoms with E-state index < -0.39 is 0 Å². The van der Waals surface area contributed by atoms with Crippen molar-refractivity contribution in [2.75, 3.05) is 67.1 Å². The summed E-state index contributed by atoms with van der Waals surface area (Å²) in [6.45, 7) is 4.70. The maximum Gasteiger partial charge on any atom is 0.104 e. The van der Waals surface area contributed by atoms with E-state index in [1.165, 1.54) is 0 Å². The van der Waals surface area contributed by atoms with Gasteiger partial charge in [0.15, 0.2) is 0 Å². The summed E-state index contributed by atoms with van der Waals surface area (Å²) in [5.41, 5.74) is 0. The van der Waals surface area contributed by atoms with Crippen LogP contribution in [0.25, 0.3) is 0 Å². The van der Waals surface area contributed by atoms with E-state index in [4.69, 9.17) is 28.4 Å². The summed E-state index contributed by atoms with van der Waals surface area (Å²) in [6.07, 6.45) is 0.188. The molecule has 140 valence electrons. The molecule has 0 aromatic carbocycles. The first-order chi connectivity index (χ1) is 8.86. The van der Waals surface area contributed by atoms with Crippen LogP contribution in [0.2, 0.25) is 0 Å². The summed E-state index contributed by atoms with van der Waals surface area (Å²) < 4.78 is 31.5. The topological polar surface area (TPSA) is 58.7 Å². The van der Waals surface area contributed by atoms with E-state index in [9.17, 15) is 0 Å². The van der Waals surface area contributed by atoms with Gasteiger partial charge >= 0.3 is 0 Å². The lowest BCUT2D eigenvalue weighted by atomic mass is 10.4. The highest BCUT2D eigenvalue weighted by atomic mass is 16.6. The van der Waals surface area contributed by atoms with Crippen LogP contribution in [0.5, 0.6) is 0 Å². The molecule has 1 saturated heterocycles. The van der Waals surface area contributed by atoms with Crippen LogP contribution in [-0.2, 0) is 28.4 Å². The van der Waals surface area contributed by atoms with Crippen molar-refractivity contribution in [2.24, 2.45) is 0 Å². The van der Waals surface area contributed by atoms with Gasteiger partial charge in [-0.15, -0.1) is 0 Å². The summed E-state index contributed by atoms with van der Waals surface area (Å²) in [6, 6.07) is 0. The molecule has 1 unspecified atom stereocenters. The first-order valence-electron chi connectivity index (χ1n) is 6.23. The van der Waals surface area contributed by atoms with Gasteiger partial charge in [0.05, 0.1) is 52.9 Å². The minimum absolute atomic E-state index is 0. The Balaban J connectivity index is -0.000000405. The highest BCUT2D eigenvalue weighted by Crippen LogP contribution is 2.10. The number of hydrogen-bond acceptors (Lipinski definition) is 6. The van der Waals surface area contributed by atoms with E-state index >= 15 is 0 Å². The molecule has 0 aromatic heterocycles. The molecule has 6 heteroatoms. The fourth-order valence-electron chi connectivity index (χ4n) is 1.27. The van der Waals surface area contributed by atoms with Crippen molar-refractivity contribution >= 4 is 0 Å². The number of methoxy groups -OCH3 is 2. The molecule has 1 aliphatic rings. The molecule has 1 atom stereocenters. The van der Waals surface area contributed by atoms with Gasteiger partial charge in [0.2, 0.25) is 0 Å². The molecule has 1 aliphatic heterocycles. The van der Waals surface area contributed by atoms with Crippen molar-refractivity contribution in [1.82, 2.24) is 0 Å². The van der Waals surface area contributed by atoms with Gasteiger partial charge in [-0.3, -0.25) is 0 Å². The van der Waals surface area contributed by atoms with Gasteiger partial charge in [0.1, 0.15) is 12.2 Å². The molecule has 0 spiro atoms. The molecule has 1 rings (SSSR count). The lowest BCUT2D eigenvalue weighted by molar-refractivity contribution is -0.0725. The lowest BCUT2D eigenvalue weighted by Crippen LogP contribution is -2.28. The van der Waals surface area contributed by atoms with E-state index in [0.29, 0.717) is 46.2 Å². The average Bonchev–Trinajstić information content (AvgIpc) is 3.19. The number of hydrogen-bond donors (Lipinski definition) is 0. The Kier molecular flexibility index (Phi) is 28.1. The van der Waals surface area contributed by atoms with E-state index in [2.05, 4.69) is 0 Å². The van der Waals surface area contributed by atoms with Gasteiger partial charge in [-0.1, -0.05) is 29.7 Å². The molecular formula is C16H40O6. The number of ether oxygens (including phenoxy) is 6. The lowest BCUT2D eigenvalue weighted by Gasteiger charge is -2.17. The zero-order chi connectivity index (χ0) is 13.1. The predicted molar refractivity (Wildman–Crippen MR) is 91.8 cm³/mol. The maximum absolute atomic E-state index is 5.67. The second-order valence-electron chi connectivity index (χ2n) is 4.05. The summed E-state index contributed by atoms with van der Waals surface area (Å²) >= 11 is 0. The van der Waals surface area contributed by atoms with E-state index in [1.54, 1.807) is 14.2 Å². The summed E-state index contributed by atoms with van der Waals surface area (Å²) in [5, 5.41) is 0. The van der Waals surface area contributed by atoms with Crippen molar-refractivity contribution in [3.8, 4) is 0 Å². The highest BCUT2D eigenvalue weighted by Gasteiger charge is 2.24. The smallest absolute Gasteiger partial charge is 0.104 e. The van der Waals surface area contributed by atoms with Gasteiger partial charge in [-0.05, 0) is 0 Å². The van der Waals surface area contributed by atoms with Crippen LogP contribution >= 0.6 is 0 Å². The van der Waals surface area contributed by atoms with Crippen molar-refractivity contribution in [1.29, 1.82) is 0 Å². The van der Waals surface area contributed by atoms with Gasteiger partial charge in [-0.25, -0.2) is 0 Å². The fourth-order valence-corrected chi connectivity index (χ4v) is 1.27. The third-order valence-corrected chi connectivity index (χ3v) is 2.39. The van der Waals surface area contributed by atoms with Crippen LogP contribution in [0.3, 0.4) is 0 Å². The van der Waals surface area contributed by atoms with E-state index in [0.717, 1.165) is 6.61 Å². The van der Waals surface area contributed by atoms with Crippen molar-refractivity contribution in [3.63, 3.8) is 0 Å². The first-order valence-corrected chi connectivity index (χ1v) is 6.23. The number of epoxide rings is 1. The molecule has 0 aliphatic carbocycles. The molecular weight excluding hydrogens is 288 g/mol. The third kappa shape index (κ3) is 17.8. The van der Waals surface area contributed by atoms with Crippen LogP contribution in [0.1, 0.15) is 29.7 Å². The molecule has 1 heterocycles. The molecule has 1 fully saturated rings. The zero-order valence-electron chi connectivity index (χ0n) is 11.3. The van der Waals surface area contributed by atoms with E-state index in [1.807, 2.05) is 0 Å². The quantitative estimate of drug-likeness (QED) is 0.383. The Hall–Kier alpha value is -0.240. The van der Waals surface area contributed by atoms with Gasteiger partial charge in [0.25, 0.3) is 0 Å². The van der Waals surface area contributed by atoms with Crippen molar-refractivity contribution in [2.45, 2.75) is 41.9 Å². The molecule has 0 bridgehead atoms. The largest absolute Gasteiger partial charge is 0.382 e. The minimum Gasteiger partial charge on any atom is -0.382 e. The van der Waals surface area contributed by atoms with Crippen LogP contribution in [0.15, 0.2) is 0 Å². The van der Waals surface area contributed by atoms with Crippen molar-refractivity contribution in [3.05, 3.63) is 0 Å². The van der Waals surface area contributed by atoms with Gasteiger partial charge < -0.3 is 28.4 Å². The Labute approximate surface area is 138 Å². The molecule has 0 N–H and O–H groups in total. The van der Waals surface area contributed by atoms with Crippen LogP contribution < -0.4 is 0 Å². The van der Waals surface area contributed by atoms with Gasteiger partial charge in [-0.2, -0.15) is 0 Å². The molecule has 0 aromatic rings. The Bertz CT molecular complexity index is 175. The summed E-state index contributed by atoms with van der Waals surface area (Å²) in [5.74, 6) is 0. The molecule has 0 amide bonds. The Morgan fingerprint density at radius 2 is 1.32 bits per heavy atom. The summed E-state index contributed by atoms with van der Waals surface area (Å²) in [4.78, 5) is 0. The van der Waals surface area contributed by atoms with Crippen LogP contribution in [-0.4, -0.2) is 79.3 Å². The molecule has 0 saturated carbocycles. The first kappa shape index (κ1) is 29.7. The maximum atomic E-state index is 5.67. The molecule has 6 nitrogen and oxygen atoms in total. The zero-order valence-corrected chi connectivity index (χ0v) is 11.3. The second kappa shape index (κ2) is 20.8. The number of rotatable bonds is 13. The van der Waals surface area contributed by atoms with E-state index in [-0.39, 0.29) is 41.9 Å².